The summed E-state index contributed by atoms with van der Waals surface area (Å²) in [6.07, 6.45) is 2.28. The van der Waals surface area contributed by atoms with Crippen molar-refractivity contribution >= 4 is 35.5 Å². The number of rotatable bonds is 1. The van der Waals surface area contributed by atoms with Gasteiger partial charge < -0.3 is 13.1 Å². The summed E-state index contributed by atoms with van der Waals surface area (Å²) >= 11 is 0. The minimum absolute atomic E-state index is 0. The Labute approximate surface area is 111 Å². The zero-order chi connectivity index (χ0) is 8.53. The van der Waals surface area contributed by atoms with Crippen LogP contribution in [0.4, 0.5) is 0 Å². The summed E-state index contributed by atoms with van der Waals surface area (Å²) in [6, 6.07) is 9.87. The number of hydrogen-bond acceptors (Lipinski definition) is 1. The second-order valence-corrected chi connectivity index (χ2v) is 2.34. The molecule has 0 saturated carbocycles. The summed E-state index contributed by atoms with van der Waals surface area (Å²) in [5.41, 5.74) is 1.07. The van der Waals surface area contributed by atoms with Gasteiger partial charge in [0.25, 0.3) is 0 Å². The molecular weight excluding hydrogens is 206 g/mol. The second kappa shape index (κ2) is 18.8. The average Bonchev–Trinajstić information content (AvgIpc) is 2.07. The van der Waals surface area contributed by atoms with Crippen molar-refractivity contribution in [3.63, 3.8) is 0 Å². The third kappa shape index (κ3) is 18.0. The quantitative estimate of drug-likeness (QED) is 0.575. The Hall–Kier alpha value is 0.106. The van der Waals surface area contributed by atoms with Crippen molar-refractivity contribution in [2.75, 3.05) is 0 Å². The fourth-order valence-corrected chi connectivity index (χ4v) is 0.478. The first kappa shape index (κ1) is 23.7. The zero-order valence-corrected chi connectivity index (χ0v) is 11.3. The van der Waals surface area contributed by atoms with Gasteiger partial charge in [0.15, 0.2) is 0 Å². The Bertz CT molecular complexity index is 166. The van der Waals surface area contributed by atoms with Gasteiger partial charge in [-0.2, -0.15) is 31.0 Å². The number of hydrogen-bond donors (Lipinski definition) is 1. The van der Waals surface area contributed by atoms with E-state index in [1.54, 1.807) is 0 Å². The predicted molar refractivity (Wildman–Crippen MR) is 69.2 cm³/mol. The number of benzene rings is 1. The number of unbranched alkanes of at least 4 members (excludes halogenated alkanes) is 1. The maximum Gasteiger partial charge on any atom is 2.00 e. The molecule has 0 aliphatic carbocycles. The summed E-state index contributed by atoms with van der Waals surface area (Å²) in [5.74, 6) is 0. The van der Waals surface area contributed by atoms with Crippen molar-refractivity contribution in [2.24, 2.45) is 0 Å². The molecule has 0 saturated heterocycles. The molecule has 1 nitrogen and oxygen atoms in total. The Balaban J connectivity index is -0.0000000650. The van der Waals surface area contributed by atoms with E-state index >= 15 is 0 Å². The molecule has 0 radical (unpaired) electrons. The summed E-state index contributed by atoms with van der Waals surface area (Å²) < 4.78 is 0. The van der Waals surface area contributed by atoms with Gasteiger partial charge in [0.2, 0.25) is 0 Å². The summed E-state index contributed by atoms with van der Waals surface area (Å²) in [5, 5.41) is 0. The maximum atomic E-state index is 3.72. The van der Waals surface area contributed by atoms with E-state index in [2.05, 4.69) is 20.8 Å². The molecule has 78 valence electrons. The van der Waals surface area contributed by atoms with Crippen LogP contribution in [-0.2, 0) is 0 Å². The summed E-state index contributed by atoms with van der Waals surface area (Å²) in [7, 11) is 0. The van der Waals surface area contributed by atoms with Crippen molar-refractivity contribution in [2.45, 2.75) is 19.8 Å². The van der Waals surface area contributed by atoms with Gasteiger partial charge in [0.1, 0.15) is 0 Å². The first-order valence-corrected chi connectivity index (χ1v) is 3.97. The average molecular weight is 226 g/mol. The third-order valence-electron chi connectivity index (χ3n) is 1.20. The van der Waals surface area contributed by atoms with Crippen molar-refractivity contribution < 1.29 is 0 Å². The fourth-order valence-electron chi connectivity index (χ4n) is 0.478. The van der Waals surface area contributed by atoms with Crippen LogP contribution in [0.5, 0.6) is 0 Å². The minimum Gasteiger partial charge on any atom is -0.344 e. The molecule has 1 aromatic rings. The third-order valence-corrected chi connectivity index (χ3v) is 1.20. The molecule has 14 heavy (non-hydrogen) atoms. The number of halogens is 1. The van der Waals surface area contributed by atoms with Crippen molar-refractivity contribution in [1.29, 1.82) is 0 Å². The van der Waals surface area contributed by atoms with Crippen LogP contribution in [0.15, 0.2) is 30.3 Å². The molecule has 0 bridgehead atoms. The maximum absolute atomic E-state index is 3.72. The van der Waals surface area contributed by atoms with Gasteiger partial charge >= 0.3 is 23.1 Å². The van der Waals surface area contributed by atoms with Crippen molar-refractivity contribution in [1.82, 2.24) is 6.15 Å². The largest absolute Gasteiger partial charge is 2.00 e. The van der Waals surface area contributed by atoms with Gasteiger partial charge in [-0.15, -0.1) is 24.5 Å². The van der Waals surface area contributed by atoms with E-state index < -0.39 is 0 Å². The molecule has 0 aliphatic heterocycles. The molecule has 3 N–H and O–H groups in total. The van der Waals surface area contributed by atoms with E-state index in [9.17, 15) is 0 Å². The molecule has 3 heteroatoms. The molecule has 0 aliphatic rings. The molecule has 0 heterocycles. The van der Waals surface area contributed by atoms with E-state index in [0.29, 0.717) is 0 Å². The second-order valence-electron chi connectivity index (χ2n) is 2.34. The van der Waals surface area contributed by atoms with Gasteiger partial charge in [0, 0.05) is 0 Å². The first-order valence-electron chi connectivity index (χ1n) is 3.97. The monoisotopic (exact) mass is 225 g/mol. The topological polar surface area (TPSA) is 35.0 Å². The van der Waals surface area contributed by atoms with Crippen LogP contribution in [0.2, 0.25) is 0 Å². The SMILES string of the molecule is Cl.N.[CH2-]CCC.[CH2-]c1ccccc1.[Mg+2]. The van der Waals surface area contributed by atoms with E-state index in [1.165, 1.54) is 6.42 Å². The van der Waals surface area contributed by atoms with Gasteiger partial charge in [-0.25, -0.2) is 0 Å². The molecule has 0 aromatic heterocycles. The summed E-state index contributed by atoms with van der Waals surface area (Å²) in [6.45, 7) is 9.44. The van der Waals surface area contributed by atoms with Crippen LogP contribution in [0.3, 0.4) is 0 Å². The summed E-state index contributed by atoms with van der Waals surface area (Å²) in [4.78, 5) is 0. The molecular formula is C11H20ClMgN. The molecule has 0 atom stereocenters. The van der Waals surface area contributed by atoms with E-state index in [4.69, 9.17) is 0 Å². The molecule has 0 fully saturated rings. The first-order chi connectivity index (χ1) is 5.31. The standard InChI is InChI=1S/C7H7.C4H9.ClH.Mg.H3N/c1-7-5-3-2-4-6-7;1-3-4-2;;;/h2-6H,1H2;1,3-4H2,2H3;1H;;1H3/q2*-1;;+2;. The van der Waals surface area contributed by atoms with Crippen LogP contribution in [0.1, 0.15) is 25.3 Å². The molecule has 1 aromatic carbocycles. The van der Waals surface area contributed by atoms with E-state index in [1.807, 2.05) is 30.3 Å². The Morgan fingerprint density at radius 1 is 1.14 bits per heavy atom. The van der Waals surface area contributed by atoms with Crippen LogP contribution >= 0.6 is 12.4 Å². The normalized spacial score (nSPS) is 6.43. The van der Waals surface area contributed by atoms with Crippen LogP contribution in [0.25, 0.3) is 0 Å². The van der Waals surface area contributed by atoms with Crippen LogP contribution in [0, 0.1) is 13.8 Å². The van der Waals surface area contributed by atoms with E-state index in [0.717, 1.165) is 12.0 Å². The van der Waals surface area contributed by atoms with Crippen LogP contribution < -0.4 is 6.15 Å². The van der Waals surface area contributed by atoms with Gasteiger partial charge in [-0.05, 0) is 0 Å². The Kier molecular flexibility index (Phi) is 31.9. The fraction of sp³-hybridized carbons (Fsp3) is 0.273. The predicted octanol–water partition coefficient (Wildman–Crippen LogP) is 3.69. The minimum atomic E-state index is 0. The molecule has 1 rings (SSSR count). The van der Waals surface area contributed by atoms with Gasteiger partial charge in [0.05, 0.1) is 0 Å². The zero-order valence-electron chi connectivity index (χ0n) is 9.04. The molecule has 0 unspecified atom stereocenters. The van der Waals surface area contributed by atoms with Gasteiger partial charge in [-0.3, -0.25) is 0 Å². The van der Waals surface area contributed by atoms with Crippen LogP contribution in [-0.4, -0.2) is 23.1 Å². The van der Waals surface area contributed by atoms with Crippen molar-refractivity contribution in [3.05, 3.63) is 49.7 Å². The Morgan fingerprint density at radius 3 is 1.64 bits per heavy atom. The molecule has 0 amide bonds. The molecule has 0 spiro atoms. The van der Waals surface area contributed by atoms with E-state index in [-0.39, 0.29) is 41.6 Å². The van der Waals surface area contributed by atoms with Gasteiger partial charge in [-0.1, -0.05) is 19.4 Å². The van der Waals surface area contributed by atoms with Crippen molar-refractivity contribution in [3.8, 4) is 0 Å². The Morgan fingerprint density at radius 2 is 1.50 bits per heavy atom. The smallest absolute Gasteiger partial charge is 0.344 e.